The smallest absolute Gasteiger partial charge is 0.247 e. The molecule has 2 atom stereocenters. The fourth-order valence-electron chi connectivity index (χ4n) is 5.24. The minimum atomic E-state index is -0.549. The fourth-order valence-corrected chi connectivity index (χ4v) is 5.51. The van der Waals surface area contributed by atoms with Crippen molar-refractivity contribution >= 4 is 39.3 Å². The highest BCUT2D eigenvalue weighted by atomic mass is 79.9. The van der Waals surface area contributed by atoms with Gasteiger partial charge in [0.2, 0.25) is 17.7 Å². The van der Waals surface area contributed by atoms with Crippen LogP contribution in [-0.4, -0.2) is 40.4 Å². The summed E-state index contributed by atoms with van der Waals surface area (Å²) >= 11 is 3.39. The molecular formula is C23H30BrN3O4. The molecule has 2 aliphatic carbocycles. The van der Waals surface area contributed by atoms with Gasteiger partial charge in [0, 0.05) is 29.0 Å². The van der Waals surface area contributed by atoms with Crippen LogP contribution in [0.1, 0.15) is 57.8 Å². The van der Waals surface area contributed by atoms with E-state index in [1.54, 1.807) is 10.4 Å². The number of hydroxylamine groups is 1. The van der Waals surface area contributed by atoms with Crippen LogP contribution in [0.15, 0.2) is 28.7 Å². The Bertz CT molecular complexity index is 834. The predicted octanol–water partition coefficient (Wildman–Crippen LogP) is 3.86. The van der Waals surface area contributed by atoms with E-state index in [0.29, 0.717) is 31.0 Å². The van der Waals surface area contributed by atoms with Gasteiger partial charge in [0.05, 0.1) is 0 Å². The number of nitrogens with zero attached hydrogens (tertiary/aromatic N) is 1. The lowest BCUT2D eigenvalue weighted by atomic mass is 9.89. The third-order valence-electron chi connectivity index (χ3n) is 7.16. The number of rotatable bonds is 7. The number of nitrogens with one attached hydrogen (secondary N) is 2. The number of hydrogen-bond acceptors (Lipinski definition) is 4. The topological polar surface area (TPSA) is 98.7 Å². The van der Waals surface area contributed by atoms with Gasteiger partial charge in [-0.2, -0.15) is 0 Å². The van der Waals surface area contributed by atoms with Gasteiger partial charge in [0.1, 0.15) is 6.04 Å². The minimum absolute atomic E-state index is 0.0453. The summed E-state index contributed by atoms with van der Waals surface area (Å²) in [5.41, 5.74) is 2.42. The molecule has 0 bridgehead atoms. The van der Waals surface area contributed by atoms with Gasteiger partial charge in [-0.25, -0.2) is 5.48 Å². The zero-order valence-corrected chi connectivity index (χ0v) is 19.2. The Morgan fingerprint density at radius 2 is 1.84 bits per heavy atom. The quantitative estimate of drug-likeness (QED) is 0.398. The molecule has 1 aromatic carbocycles. The molecule has 0 radical (unpaired) electrons. The zero-order valence-electron chi connectivity index (χ0n) is 17.6. The second-order valence-corrected chi connectivity index (χ2v) is 10.4. The van der Waals surface area contributed by atoms with Crippen molar-refractivity contribution in [2.24, 2.45) is 17.3 Å². The second kappa shape index (κ2) is 9.28. The Morgan fingerprint density at radius 1 is 1.16 bits per heavy atom. The van der Waals surface area contributed by atoms with E-state index >= 15 is 0 Å². The van der Waals surface area contributed by atoms with E-state index in [9.17, 15) is 14.4 Å². The monoisotopic (exact) mass is 491 g/mol. The second-order valence-electron chi connectivity index (χ2n) is 9.50. The molecule has 31 heavy (non-hydrogen) atoms. The molecule has 1 spiro atoms. The standard InChI is InChI=1S/C23H30BrN3O4/c24-17-5-7-18(8-6-17)25-21(29)19-13-23(9-10-23)14-27(19)22(30)16(12-20(28)26-31)11-15-3-1-2-4-15/h5-8,15-16,19,31H,1-4,9-14H2,(H,25,29)(H,26,28)/t16-,19+/m1/s1. The number of anilines is 1. The number of carbonyl (C=O) groups is 3. The molecule has 3 amide bonds. The van der Waals surface area contributed by atoms with Gasteiger partial charge in [-0.3, -0.25) is 19.6 Å². The van der Waals surface area contributed by atoms with Gasteiger partial charge in [0.15, 0.2) is 0 Å². The van der Waals surface area contributed by atoms with Crippen LogP contribution in [0.3, 0.4) is 0 Å². The molecule has 1 saturated heterocycles. The first-order chi connectivity index (χ1) is 14.9. The fraction of sp³-hybridized carbons (Fsp3) is 0.609. The van der Waals surface area contributed by atoms with Crippen LogP contribution >= 0.6 is 15.9 Å². The highest BCUT2D eigenvalue weighted by Gasteiger charge is 2.55. The molecular weight excluding hydrogens is 462 g/mol. The Kier molecular flexibility index (Phi) is 6.67. The van der Waals surface area contributed by atoms with Crippen molar-refractivity contribution in [1.82, 2.24) is 10.4 Å². The maximum atomic E-state index is 13.6. The summed E-state index contributed by atoms with van der Waals surface area (Å²) in [5.74, 6) is -0.937. The van der Waals surface area contributed by atoms with Gasteiger partial charge >= 0.3 is 0 Å². The van der Waals surface area contributed by atoms with Crippen LogP contribution in [0.5, 0.6) is 0 Å². The maximum Gasteiger partial charge on any atom is 0.247 e. The summed E-state index contributed by atoms with van der Waals surface area (Å²) in [6.45, 7) is 0.576. The third-order valence-corrected chi connectivity index (χ3v) is 7.69. The van der Waals surface area contributed by atoms with E-state index in [0.717, 1.165) is 43.0 Å². The minimum Gasteiger partial charge on any atom is -0.330 e. The molecule has 4 rings (SSSR count). The summed E-state index contributed by atoms with van der Waals surface area (Å²) in [6.07, 6.45) is 7.78. The third kappa shape index (κ3) is 5.29. The van der Waals surface area contributed by atoms with Crippen molar-refractivity contribution in [3.8, 4) is 0 Å². The van der Waals surface area contributed by atoms with Crippen molar-refractivity contribution < 1.29 is 19.6 Å². The maximum absolute atomic E-state index is 13.6. The summed E-state index contributed by atoms with van der Waals surface area (Å²) < 4.78 is 0.928. The first kappa shape index (κ1) is 22.3. The first-order valence-electron chi connectivity index (χ1n) is 11.2. The van der Waals surface area contributed by atoms with Crippen molar-refractivity contribution in [1.29, 1.82) is 0 Å². The number of carbonyl (C=O) groups excluding carboxylic acids is 3. The largest absolute Gasteiger partial charge is 0.330 e. The lowest BCUT2D eigenvalue weighted by Gasteiger charge is -2.29. The van der Waals surface area contributed by atoms with Crippen LogP contribution in [0.25, 0.3) is 0 Å². The molecule has 3 aliphatic rings. The highest BCUT2D eigenvalue weighted by Crippen LogP contribution is 2.55. The molecule has 2 saturated carbocycles. The lowest BCUT2D eigenvalue weighted by Crippen LogP contribution is -2.46. The highest BCUT2D eigenvalue weighted by molar-refractivity contribution is 9.10. The molecule has 7 nitrogen and oxygen atoms in total. The lowest BCUT2D eigenvalue weighted by molar-refractivity contribution is -0.144. The van der Waals surface area contributed by atoms with Gasteiger partial charge in [0.25, 0.3) is 0 Å². The van der Waals surface area contributed by atoms with Crippen LogP contribution in [0.4, 0.5) is 5.69 Å². The molecule has 1 aromatic rings. The normalized spacial score (nSPS) is 23.0. The molecule has 0 unspecified atom stereocenters. The number of likely N-dealkylation sites (tertiary alicyclic amines) is 1. The molecule has 0 aromatic heterocycles. The number of benzene rings is 1. The Morgan fingerprint density at radius 3 is 2.45 bits per heavy atom. The molecule has 1 aliphatic heterocycles. The van der Waals surface area contributed by atoms with Crippen LogP contribution in [0.2, 0.25) is 0 Å². The summed E-state index contributed by atoms with van der Waals surface area (Å²) in [7, 11) is 0. The van der Waals surface area contributed by atoms with Crippen molar-refractivity contribution in [3.05, 3.63) is 28.7 Å². The van der Waals surface area contributed by atoms with Crippen molar-refractivity contribution in [2.75, 3.05) is 11.9 Å². The van der Waals surface area contributed by atoms with Gasteiger partial charge in [-0.15, -0.1) is 0 Å². The average Bonchev–Trinajstić information content (AvgIpc) is 3.13. The van der Waals surface area contributed by atoms with Crippen LogP contribution in [-0.2, 0) is 14.4 Å². The SMILES string of the molecule is O=C(C[C@@H](CC1CCCC1)C(=O)N1CC2(CC2)C[C@H]1C(=O)Nc1ccc(Br)cc1)NO. The van der Waals surface area contributed by atoms with E-state index < -0.39 is 17.9 Å². The van der Waals surface area contributed by atoms with Gasteiger partial charge in [-0.05, 0) is 61.3 Å². The van der Waals surface area contributed by atoms with Crippen molar-refractivity contribution in [2.45, 2.75) is 63.8 Å². The van der Waals surface area contributed by atoms with E-state index in [1.165, 1.54) is 0 Å². The molecule has 1 heterocycles. The number of amides is 3. The molecule has 3 N–H and O–H groups in total. The van der Waals surface area contributed by atoms with E-state index in [1.807, 2.05) is 24.3 Å². The van der Waals surface area contributed by atoms with Crippen LogP contribution < -0.4 is 10.8 Å². The first-order valence-corrected chi connectivity index (χ1v) is 12.0. The number of halogens is 1. The number of hydrogen-bond donors (Lipinski definition) is 3. The zero-order chi connectivity index (χ0) is 22.0. The molecule has 168 valence electrons. The Labute approximate surface area is 191 Å². The van der Waals surface area contributed by atoms with Gasteiger partial charge < -0.3 is 10.2 Å². The predicted molar refractivity (Wildman–Crippen MR) is 119 cm³/mol. The summed E-state index contributed by atoms with van der Waals surface area (Å²) in [4.78, 5) is 40.4. The molecule has 3 fully saturated rings. The summed E-state index contributed by atoms with van der Waals surface area (Å²) in [5, 5.41) is 12.0. The van der Waals surface area contributed by atoms with Gasteiger partial charge in [-0.1, -0.05) is 41.6 Å². The Balaban J connectivity index is 1.50. The van der Waals surface area contributed by atoms with Crippen LogP contribution in [0, 0.1) is 17.3 Å². The van der Waals surface area contributed by atoms with E-state index in [2.05, 4.69) is 21.2 Å². The average molecular weight is 492 g/mol. The van der Waals surface area contributed by atoms with E-state index in [-0.39, 0.29) is 23.7 Å². The molecule has 8 heteroatoms. The summed E-state index contributed by atoms with van der Waals surface area (Å²) in [6, 6.07) is 6.85. The van der Waals surface area contributed by atoms with Crippen molar-refractivity contribution in [3.63, 3.8) is 0 Å². The Hall–Kier alpha value is -1.93. The van der Waals surface area contributed by atoms with E-state index in [4.69, 9.17) is 5.21 Å².